The summed E-state index contributed by atoms with van der Waals surface area (Å²) in [5, 5.41) is 4.17. The molecule has 2 aromatic rings. The zero-order chi connectivity index (χ0) is 7.68. The Morgan fingerprint density at radius 2 is 2.45 bits per heavy atom. The van der Waals surface area contributed by atoms with Crippen molar-refractivity contribution in [3.63, 3.8) is 0 Å². The summed E-state index contributed by atoms with van der Waals surface area (Å²) in [6.45, 7) is 0. The average Bonchev–Trinajstić information content (AvgIpc) is 2.50. The van der Waals surface area contributed by atoms with Gasteiger partial charge in [0.2, 0.25) is 0 Å². The molecular weight excluding hydrogens is 138 g/mol. The second-order valence-electron chi connectivity index (χ2n) is 2.38. The predicted molar refractivity (Wildman–Crippen MR) is 45.6 cm³/mol. The van der Waals surface area contributed by atoms with Crippen molar-refractivity contribution in [3.8, 4) is 0 Å². The quantitative estimate of drug-likeness (QED) is 0.643. The van der Waals surface area contributed by atoms with E-state index in [4.69, 9.17) is 0 Å². The summed E-state index contributed by atoms with van der Waals surface area (Å²) in [7, 11) is 1.86. The molecule has 3 heteroatoms. The topological polar surface area (TPSA) is 40.7 Å². The van der Waals surface area contributed by atoms with Crippen LogP contribution in [0.15, 0.2) is 24.5 Å². The van der Waals surface area contributed by atoms with E-state index in [2.05, 4.69) is 15.3 Å². The standard InChI is InChI=1S/C8H9N3/c1-9-8-4-6-2-3-10-7(6)5-11-8/h2-5,10H,1H3,(H,9,11). The van der Waals surface area contributed by atoms with Crippen LogP contribution in [0.2, 0.25) is 0 Å². The largest absolute Gasteiger partial charge is 0.373 e. The Morgan fingerprint density at radius 1 is 1.55 bits per heavy atom. The number of fused-ring (bicyclic) bond motifs is 1. The number of nitrogens with one attached hydrogen (secondary N) is 2. The molecular formula is C8H9N3. The van der Waals surface area contributed by atoms with Gasteiger partial charge in [-0.15, -0.1) is 0 Å². The highest BCUT2D eigenvalue weighted by Crippen LogP contribution is 2.13. The third-order valence-corrected chi connectivity index (χ3v) is 1.69. The molecule has 0 aliphatic rings. The molecule has 0 aliphatic heterocycles. The molecule has 0 amide bonds. The van der Waals surface area contributed by atoms with Crippen molar-refractivity contribution >= 4 is 16.7 Å². The number of pyridine rings is 1. The Hall–Kier alpha value is -1.51. The van der Waals surface area contributed by atoms with Crippen molar-refractivity contribution in [1.82, 2.24) is 9.97 Å². The Kier molecular flexibility index (Phi) is 1.28. The third kappa shape index (κ3) is 0.941. The minimum absolute atomic E-state index is 0.900. The first-order chi connectivity index (χ1) is 5.40. The summed E-state index contributed by atoms with van der Waals surface area (Å²) < 4.78 is 0. The van der Waals surface area contributed by atoms with Crippen LogP contribution in [0.5, 0.6) is 0 Å². The van der Waals surface area contributed by atoms with Gasteiger partial charge in [-0.3, -0.25) is 0 Å². The summed E-state index contributed by atoms with van der Waals surface area (Å²) in [6.07, 6.45) is 3.73. The van der Waals surface area contributed by atoms with Crippen molar-refractivity contribution < 1.29 is 0 Å². The van der Waals surface area contributed by atoms with Gasteiger partial charge in [0, 0.05) is 18.6 Å². The summed E-state index contributed by atoms with van der Waals surface area (Å²) in [6, 6.07) is 4.03. The van der Waals surface area contributed by atoms with E-state index in [-0.39, 0.29) is 0 Å². The van der Waals surface area contributed by atoms with Gasteiger partial charge in [-0.25, -0.2) is 4.98 Å². The van der Waals surface area contributed by atoms with E-state index in [0.717, 1.165) is 11.3 Å². The van der Waals surface area contributed by atoms with Gasteiger partial charge in [0.25, 0.3) is 0 Å². The molecule has 2 N–H and O–H groups in total. The summed E-state index contributed by atoms with van der Waals surface area (Å²) >= 11 is 0. The van der Waals surface area contributed by atoms with E-state index >= 15 is 0 Å². The fourth-order valence-electron chi connectivity index (χ4n) is 1.09. The van der Waals surface area contributed by atoms with E-state index in [1.165, 1.54) is 5.39 Å². The van der Waals surface area contributed by atoms with Crippen LogP contribution < -0.4 is 5.32 Å². The van der Waals surface area contributed by atoms with Gasteiger partial charge in [-0.05, 0) is 12.1 Å². The minimum Gasteiger partial charge on any atom is -0.373 e. The SMILES string of the molecule is CNc1cc2cc[nH]c2cn1. The van der Waals surface area contributed by atoms with Crippen molar-refractivity contribution in [2.24, 2.45) is 0 Å². The highest BCUT2D eigenvalue weighted by atomic mass is 15.0. The number of aromatic amines is 1. The first-order valence-corrected chi connectivity index (χ1v) is 3.51. The zero-order valence-corrected chi connectivity index (χ0v) is 6.26. The highest BCUT2D eigenvalue weighted by Gasteiger charge is 1.94. The van der Waals surface area contributed by atoms with Gasteiger partial charge in [-0.2, -0.15) is 0 Å². The summed E-state index contributed by atoms with van der Waals surface area (Å²) in [5.41, 5.74) is 1.07. The number of anilines is 1. The molecule has 0 aliphatic carbocycles. The van der Waals surface area contributed by atoms with Gasteiger partial charge >= 0.3 is 0 Å². The molecule has 2 aromatic heterocycles. The fourth-order valence-corrected chi connectivity index (χ4v) is 1.09. The maximum atomic E-state index is 4.16. The van der Waals surface area contributed by atoms with E-state index < -0.39 is 0 Å². The molecule has 56 valence electrons. The van der Waals surface area contributed by atoms with Crippen LogP contribution in [0.1, 0.15) is 0 Å². The van der Waals surface area contributed by atoms with Crippen molar-refractivity contribution in [2.75, 3.05) is 12.4 Å². The molecule has 0 spiro atoms. The molecule has 0 bridgehead atoms. The average molecular weight is 147 g/mol. The van der Waals surface area contributed by atoms with Crippen LogP contribution in [0.4, 0.5) is 5.82 Å². The number of H-pyrrole nitrogens is 1. The van der Waals surface area contributed by atoms with Crippen molar-refractivity contribution in [1.29, 1.82) is 0 Å². The lowest BCUT2D eigenvalue weighted by Crippen LogP contribution is -1.90. The third-order valence-electron chi connectivity index (χ3n) is 1.69. The second kappa shape index (κ2) is 2.27. The van der Waals surface area contributed by atoms with E-state index in [9.17, 15) is 0 Å². The molecule has 0 radical (unpaired) electrons. The number of hydrogen-bond donors (Lipinski definition) is 2. The fraction of sp³-hybridized carbons (Fsp3) is 0.125. The van der Waals surface area contributed by atoms with E-state index in [1.807, 2.05) is 31.6 Å². The highest BCUT2D eigenvalue weighted by molar-refractivity contribution is 5.80. The number of nitrogens with zero attached hydrogens (tertiary/aromatic N) is 1. The summed E-state index contributed by atoms with van der Waals surface area (Å²) in [5.74, 6) is 0.900. The van der Waals surface area contributed by atoms with E-state index in [0.29, 0.717) is 0 Å². The molecule has 0 aromatic carbocycles. The molecule has 0 saturated carbocycles. The van der Waals surface area contributed by atoms with Crippen LogP contribution in [0.3, 0.4) is 0 Å². The molecule has 3 nitrogen and oxygen atoms in total. The van der Waals surface area contributed by atoms with Crippen LogP contribution in [-0.2, 0) is 0 Å². The molecule has 0 unspecified atom stereocenters. The maximum absolute atomic E-state index is 4.16. The van der Waals surface area contributed by atoms with Gasteiger partial charge in [0.1, 0.15) is 5.82 Å². The second-order valence-corrected chi connectivity index (χ2v) is 2.38. The van der Waals surface area contributed by atoms with Gasteiger partial charge in [0.15, 0.2) is 0 Å². The monoisotopic (exact) mass is 147 g/mol. The maximum Gasteiger partial charge on any atom is 0.126 e. The smallest absolute Gasteiger partial charge is 0.126 e. The van der Waals surface area contributed by atoms with Crippen molar-refractivity contribution in [3.05, 3.63) is 24.5 Å². The van der Waals surface area contributed by atoms with Crippen molar-refractivity contribution in [2.45, 2.75) is 0 Å². The molecule has 0 atom stereocenters. The predicted octanol–water partition coefficient (Wildman–Crippen LogP) is 1.60. The molecule has 2 heterocycles. The lowest BCUT2D eigenvalue weighted by atomic mass is 10.3. The first kappa shape index (κ1) is 6.22. The Morgan fingerprint density at radius 3 is 3.27 bits per heavy atom. The van der Waals surface area contributed by atoms with Gasteiger partial charge < -0.3 is 10.3 Å². The Bertz CT molecular complexity index is 364. The van der Waals surface area contributed by atoms with Crippen LogP contribution in [0.25, 0.3) is 10.9 Å². The van der Waals surface area contributed by atoms with Crippen LogP contribution in [-0.4, -0.2) is 17.0 Å². The van der Waals surface area contributed by atoms with E-state index in [1.54, 1.807) is 0 Å². The number of hydrogen-bond acceptors (Lipinski definition) is 2. The summed E-state index contributed by atoms with van der Waals surface area (Å²) in [4.78, 5) is 7.24. The normalized spacial score (nSPS) is 10.3. The first-order valence-electron chi connectivity index (χ1n) is 3.51. The number of rotatable bonds is 1. The molecule has 2 rings (SSSR count). The Labute approximate surface area is 64.5 Å². The number of aromatic nitrogens is 2. The van der Waals surface area contributed by atoms with Gasteiger partial charge in [0.05, 0.1) is 11.7 Å². The van der Waals surface area contributed by atoms with Gasteiger partial charge in [-0.1, -0.05) is 0 Å². The lowest BCUT2D eigenvalue weighted by molar-refractivity contribution is 1.30. The minimum atomic E-state index is 0.900. The molecule has 11 heavy (non-hydrogen) atoms. The Balaban J connectivity index is 2.67. The van der Waals surface area contributed by atoms with Crippen LogP contribution >= 0.6 is 0 Å². The molecule has 0 fully saturated rings. The van der Waals surface area contributed by atoms with Crippen LogP contribution in [0, 0.1) is 0 Å². The molecule has 0 saturated heterocycles. The lowest BCUT2D eigenvalue weighted by Gasteiger charge is -1.96. The zero-order valence-electron chi connectivity index (χ0n) is 6.26.